The minimum absolute atomic E-state index is 0.00719. The Morgan fingerprint density at radius 1 is 1.20 bits per heavy atom. The summed E-state index contributed by atoms with van der Waals surface area (Å²) in [4.78, 5) is 46.8. The molecule has 0 saturated heterocycles. The van der Waals surface area contributed by atoms with Crippen LogP contribution in [0.4, 0.5) is 4.79 Å². The quantitative estimate of drug-likeness (QED) is 0.140. The number of nitrogens with one attached hydrogen (secondary N) is 3. The smallest absolute Gasteiger partial charge is 0.394 e. The van der Waals surface area contributed by atoms with Crippen LogP contribution in [0.25, 0.3) is 0 Å². The predicted octanol–water partition coefficient (Wildman–Crippen LogP) is -1.06. The highest BCUT2D eigenvalue weighted by molar-refractivity contribution is 8.00. The van der Waals surface area contributed by atoms with Gasteiger partial charge in [-0.2, -0.15) is 11.8 Å². The van der Waals surface area contributed by atoms with E-state index >= 15 is 0 Å². The molecule has 12 heteroatoms. The Morgan fingerprint density at radius 3 is 2.40 bits per heavy atom. The lowest BCUT2D eigenvalue weighted by Crippen LogP contribution is -2.42. The van der Waals surface area contributed by atoms with Gasteiger partial charge in [0.2, 0.25) is 24.7 Å². The minimum atomic E-state index is -0.639. The van der Waals surface area contributed by atoms with E-state index in [4.69, 9.17) is 10.5 Å². The lowest BCUT2D eigenvalue weighted by Gasteiger charge is -2.31. The van der Waals surface area contributed by atoms with Gasteiger partial charge in [-0.25, -0.2) is 4.79 Å². The zero-order valence-electron chi connectivity index (χ0n) is 18.5. The van der Waals surface area contributed by atoms with E-state index < -0.39 is 22.7 Å². The van der Waals surface area contributed by atoms with Crippen LogP contribution in [0, 0.1) is 5.92 Å². The number of rotatable bonds is 15. The van der Waals surface area contributed by atoms with Gasteiger partial charge in [0.25, 0.3) is 0 Å². The van der Waals surface area contributed by atoms with Crippen LogP contribution in [0.2, 0.25) is 0 Å². The van der Waals surface area contributed by atoms with E-state index in [0.29, 0.717) is 50.9 Å². The van der Waals surface area contributed by atoms with Crippen molar-refractivity contribution < 1.29 is 23.9 Å². The van der Waals surface area contributed by atoms with Crippen LogP contribution < -0.4 is 21.6 Å². The van der Waals surface area contributed by atoms with E-state index in [0.717, 1.165) is 10.1 Å². The molecule has 0 spiro atoms. The van der Waals surface area contributed by atoms with Gasteiger partial charge in [0.15, 0.2) is 0 Å². The van der Waals surface area contributed by atoms with E-state index in [2.05, 4.69) is 22.4 Å². The molecule has 0 radical (unpaired) electrons. The van der Waals surface area contributed by atoms with E-state index in [1.54, 1.807) is 6.92 Å². The van der Waals surface area contributed by atoms with E-state index in [9.17, 15) is 19.2 Å². The highest BCUT2D eigenvalue weighted by Gasteiger charge is 2.35. The maximum Gasteiger partial charge on any atom is 0.394 e. The molecular formula is C18H35BN4O5SSi. The zero-order chi connectivity index (χ0) is 23.2. The third-order valence-corrected chi connectivity index (χ3v) is 6.11. The van der Waals surface area contributed by atoms with Crippen LogP contribution in [-0.2, 0) is 19.1 Å². The standard InChI is InChI=1S/C18H35BN4O5SSi/c1-12(2)16(26)22-8-5-7-21-14(24)11-13(15(20)25)18(3,4)29-10-6-9-28-17(27)23-19-30/h13,19H,1,5-11H2,2-4,30H3,(H2,20,25)(H,21,24)(H,22,26)(H,23,27). The number of amides is 4. The second-order valence-corrected chi connectivity index (χ2v) is 9.83. The number of carbonyl (C=O) groups is 4. The molecule has 0 aromatic heterocycles. The van der Waals surface area contributed by atoms with Crippen molar-refractivity contribution in [2.45, 2.75) is 44.8 Å². The molecule has 4 amide bonds. The normalized spacial score (nSPS) is 11.8. The van der Waals surface area contributed by atoms with Gasteiger partial charge >= 0.3 is 6.09 Å². The first-order valence-corrected chi connectivity index (χ1v) is 12.5. The minimum Gasteiger partial charge on any atom is -0.450 e. The molecule has 0 rings (SSSR count). The highest BCUT2D eigenvalue weighted by atomic mass is 32.2. The van der Waals surface area contributed by atoms with Crippen molar-refractivity contribution in [2.24, 2.45) is 11.7 Å². The zero-order valence-corrected chi connectivity index (χ0v) is 21.3. The molecule has 0 aliphatic rings. The van der Waals surface area contributed by atoms with Gasteiger partial charge in [0.05, 0.1) is 12.5 Å². The van der Waals surface area contributed by atoms with Crippen LogP contribution in [0.3, 0.4) is 0 Å². The number of thioether (sulfide) groups is 1. The summed E-state index contributed by atoms with van der Waals surface area (Å²) in [6.45, 7) is 10.0. The topological polar surface area (TPSA) is 140 Å². The van der Waals surface area contributed by atoms with Crippen LogP contribution in [0.15, 0.2) is 12.2 Å². The van der Waals surface area contributed by atoms with Gasteiger partial charge in [0, 0.05) is 39.9 Å². The highest BCUT2D eigenvalue weighted by Crippen LogP contribution is 2.35. The van der Waals surface area contributed by atoms with Crippen molar-refractivity contribution in [1.29, 1.82) is 0 Å². The molecule has 0 aliphatic heterocycles. The van der Waals surface area contributed by atoms with Crippen molar-refractivity contribution in [1.82, 2.24) is 15.9 Å². The molecule has 0 fully saturated rings. The lowest BCUT2D eigenvalue weighted by atomic mass is 9.90. The van der Waals surface area contributed by atoms with Gasteiger partial charge in [-0.1, -0.05) is 6.58 Å². The first kappa shape index (κ1) is 28.1. The molecule has 0 aliphatic carbocycles. The van der Waals surface area contributed by atoms with Crippen molar-refractivity contribution in [3.05, 3.63) is 12.2 Å². The Hall–Kier alpha value is -1.95. The number of carbonyl (C=O) groups excluding carboxylic acids is 4. The van der Waals surface area contributed by atoms with Crippen LogP contribution in [0.1, 0.15) is 40.0 Å². The van der Waals surface area contributed by atoms with Gasteiger partial charge < -0.3 is 26.3 Å². The molecule has 0 heterocycles. The lowest BCUT2D eigenvalue weighted by molar-refractivity contribution is -0.129. The summed E-state index contributed by atoms with van der Waals surface area (Å²) in [6, 6.07) is 0. The first-order chi connectivity index (χ1) is 14.0. The molecule has 0 aromatic carbocycles. The largest absolute Gasteiger partial charge is 0.450 e. The molecule has 30 heavy (non-hydrogen) atoms. The van der Waals surface area contributed by atoms with Crippen molar-refractivity contribution >= 4 is 52.7 Å². The maximum absolute atomic E-state index is 12.2. The number of primary amides is 1. The third-order valence-electron chi connectivity index (χ3n) is 4.24. The summed E-state index contributed by atoms with van der Waals surface area (Å²) >= 11 is 1.52. The molecule has 170 valence electrons. The average Bonchev–Trinajstić information content (AvgIpc) is 2.65. The van der Waals surface area contributed by atoms with Crippen molar-refractivity contribution in [2.75, 3.05) is 25.4 Å². The van der Waals surface area contributed by atoms with Crippen LogP contribution in [0.5, 0.6) is 0 Å². The van der Waals surface area contributed by atoms with Crippen LogP contribution in [-0.4, -0.2) is 71.1 Å². The third kappa shape index (κ3) is 12.6. The second kappa shape index (κ2) is 14.9. The summed E-state index contributed by atoms with van der Waals surface area (Å²) in [5.74, 6) is -0.984. The molecule has 5 N–H and O–H groups in total. The van der Waals surface area contributed by atoms with Crippen molar-refractivity contribution in [3.63, 3.8) is 0 Å². The van der Waals surface area contributed by atoms with E-state index in [-0.39, 0.29) is 18.2 Å². The fourth-order valence-electron chi connectivity index (χ4n) is 2.47. The Kier molecular flexibility index (Phi) is 14.0. The Balaban J connectivity index is 4.32. The molecule has 1 atom stereocenters. The summed E-state index contributed by atoms with van der Waals surface area (Å²) in [7, 11) is 1.52. The monoisotopic (exact) mass is 458 g/mol. The van der Waals surface area contributed by atoms with E-state index in [1.807, 2.05) is 13.8 Å². The molecule has 0 aromatic rings. The molecule has 0 saturated carbocycles. The van der Waals surface area contributed by atoms with Crippen LogP contribution >= 0.6 is 11.8 Å². The molecule has 1 unspecified atom stereocenters. The maximum atomic E-state index is 12.2. The van der Waals surface area contributed by atoms with Gasteiger partial charge in [0.1, 0.15) is 0 Å². The van der Waals surface area contributed by atoms with E-state index in [1.165, 1.54) is 11.8 Å². The molecular weight excluding hydrogens is 423 g/mol. The number of ether oxygens (including phenoxy) is 1. The average molecular weight is 458 g/mol. The number of nitrogens with two attached hydrogens (primary N) is 1. The Bertz CT molecular complexity index is 621. The SMILES string of the molecule is C=C(C)C(=O)NCCCNC(=O)CC(C(N)=O)C(C)(C)SCCCOC(=O)NB[SiH3]. The molecule has 9 nitrogen and oxygen atoms in total. The first-order valence-electron chi connectivity index (χ1n) is 10.1. The number of hydrogen-bond acceptors (Lipinski definition) is 6. The summed E-state index contributed by atoms with van der Waals surface area (Å²) in [5.41, 5.74) is 5.98. The van der Waals surface area contributed by atoms with Gasteiger partial charge in [-0.15, -0.1) is 0 Å². The van der Waals surface area contributed by atoms with Gasteiger partial charge in [-0.3, -0.25) is 14.4 Å². The van der Waals surface area contributed by atoms with Gasteiger partial charge in [-0.05, 0) is 39.4 Å². The summed E-state index contributed by atoms with van der Waals surface area (Å²) < 4.78 is 4.49. The number of hydrogen-bond donors (Lipinski definition) is 4. The molecule has 0 bridgehead atoms. The van der Waals surface area contributed by atoms with Crippen molar-refractivity contribution in [3.8, 4) is 0 Å². The summed E-state index contributed by atoms with van der Waals surface area (Å²) in [5, 5.41) is 8.04. The Labute approximate surface area is 186 Å². The second-order valence-electron chi connectivity index (χ2n) is 7.37. The predicted molar refractivity (Wildman–Crippen MR) is 125 cm³/mol. The Morgan fingerprint density at radius 2 is 1.83 bits per heavy atom. The summed E-state index contributed by atoms with van der Waals surface area (Å²) in [6.07, 6.45) is 0.779. The fourth-order valence-corrected chi connectivity index (χ4v) is 3.95. The fraction of sp³-hybridized carbons (Fsp3) is 0.667.